The van der Waals surface area contributed by atoms with Gasteiger partial charge in [0.15, 0.2) is 0 Å². The number of piperidine rings is 1. The zero-order valence-electron chi connectivity index (χ0n) is 21.4. The van der Waals surface area contributed by atoms with Gasteiger partial charge < -0.3 is 14.4 Å². The van der Waals surface area contributed by atoms with E-state index in [9.17, 15) is 0 Å². The minimum atomic E-state index is 0.725. The lowest BCUT2D eigenvalue weighted by Crippen LogP contribution is -2.47. The highest BCUT2D eigenvalue weighted by molar-refractivity contribution is 5.73. The fourth-order valence-corrected chi connectivity index (χ4v) is 5.44. The molecule has 33 heavy (non-hydrogen) atoms. The highest BCUT2D eigenvalue weighted by Gasteiger charge is 2.36. The van der Waals surface area contributed by atoms with Crippen molar-refractivity contribution in [3.8, 4) is 22.8 Å². The van der Waals surface area contributed by atoms with E-state index in [-0.39, 0.29) is 0 Å². The van der Waals surface area contributed by atoms with Crippen molar-refractivity contribution in [3.63, 3.8) is 0 Å². The molecule has 4 rings (SSSR count). The predicted molar refractivity (Wildman–Crippen MR) is 136 cm³/mol. The predicted octanol–water partition coefficient (Wildman–Crippen LogP) is 6.69. The van der Waals surface area contributed by atoms with Gasteiger partial charge in [-0.15, -0.1) is 5.10 Å². The Balaban J connectivity index is 0.000000186. The second-order valence-corrected chi connectivity index (χ2v) is 9.72. The van der Waals surface area contributed by atoms with Crippen molar-refractivity contribution in [2.24, 2.45) is 5.41 Å². The molecule has 0 bridgehead atoms. The van der Waals surface area contributed by atoms with Gasteiger partial charge >= 0.3 is 0 Å². The Bertz CT molecular complexity index is 810. The topological polar surface area (TPSA) is 47.5 Å². The largest absolute Gasteiger partial charge is 0.496 e. The second-order valence-electron chi connectivity index (χ2n) is 9.72. The Morgan fingerprint density at radius 2 is 1.52 bits per heavy atom. The molecule has 0 spiro atoms. The molecule has 0 radical (unpaired) electrons. The molecule has 1 saturated heterocycles. The molecule has 1 saturated carbocycles. The van der Waals surface area contributed by atoms with Gasteiger partial charge in [-0.05, 0) is 88.2 Å². The summed E-state index contributed by atoms with van der Waals surface area (Å²) in [6.07, 6.45) is 13.1. The molecule has 2 aromatic rings. The van der Waals surface area contributed by atoms with Crippen LogP contribution in [0.15, 0.2) is 30.3 Å². The number of ether oxygens (including phenoxy) is 2. The van der Waals surface area contributed by atoms with Gasteiger partial charge in [0.25, 0.3) is 0 Å². The summed E-state index contributed by atoms with van der Waals surface area (Å²) >= 11 is 0. The first kappa shape index (κ1) is 25.5. The monoisotopic (exact) mass is 453 g/mol. The lowest BCUT2D eigenvalue weighted by atomic mass is 9.71. The molecule has 0 atom stereocenters. The molecule has 1 aromatic heterocycles. The van der Waals surface area contributed by atoms with Crippen molar-refractivity contribution in [2.75, 3.05) is 27.3 Å². The van der Waals surface area contributed by atoms with Crippen LogP contribution in [-0.4, -0.2) is 48.4 Å². The molecule has 5 nitrogen and oxygen atoms in total. The van der Waals surface area contributed by atoms with E-state index < -0.39 is 0 Å². The van der Waals surface area contributed by atoms with Crippen LogP contribution in [0.2, 0.25) is 0 Å². The number of methoxy groups -OCH3 is 2. The SMILES string of the molecule is CCCC1(CCC)CCN(C2CCC2)CC1.COc1cccc(OC)c1-c1ccc(C)nn1. The Morgan fingerprint density at radius 1 is 0.909 bits per heavy atom. The van der Waals surface area contributed by atoms with Crippen LogP contribution in [0.1, 0.15) is 77.3 Å². The normalized spacial score (nSPS) is 18.1. The maximum atomic E-state index is 5.32. The Kier molecular flexibility index (Phi) is 9.54. The number of aryl methyl sites for hydroxylation is 1. The molecule has 182 valence electrons. The third-order valence-electron chi connectivity index (χ3n) is 7.49. The van der Waals surface area contributed by atoms with Crippen LogP contribution in [0.3, 0.4) is 0 Å². The Labute approximate surface area is 200 Å². The highest BCUT2D eigenvalue weighted by atomic mass is 16.5. The summed E-state index contributed by atoms with van der Waals surface area (Å²) in [5.74, 6) is 1.45. The van der Waals surface area contributed by atoms with Crippen LogP contribution in [0.5, 0.6) is 11.5 Å². The van der Waals surface area contributed by atoms with Crippen LogP contribution in [0.4, 0.5) is 0 Å². The molecule has 1 aromatic carbocycles. The van der Waals surface area contributed by atoms with Crippen molar-refractivity contribution in [3.05, 3.63) is 36.0 Å². The lowest BCUT2D eigenvalue weighted by Gasteiger charge is -2.47. The molecule has 1 aliphatic carbocycles. The van der Waals surface area contributed by atoms with Gasteiger partial charge in [-0.2, -0.15) is 5.10 Å². The van der Waals surface area contributed by atoms with Gasteiger partial charge in [-0.25, -0.2) is 0 Å². The van der Waals surface area contributed by atoms with E-state index in [2.05, 4.69) is 28.9 Å². The molecule has 0 unspecified atom stereocenters. The van der Waals surface area contributed by atoms with Gasteiger partial charge in [-0.1, -0.05) is 39.2 Å². The standard InChI is InChI=1S/C15H29N.C13H14N2O2/c1-3-8-15(9-4-2)10-12-16(13-11-15)14-6-5-7-14;1-9-7-8-10(15-14-9)13-11(16-2)5-4-6-12(13)17-3/h14H,3-13H2,1-2H3;4-8H,1-3H3. The third-order valence-corrected chi connectivity index (χ3v) is 7.49. The number of benzene rings is 1. The fourth-order valence-electron chi connectivity index (χ4n) is 5.44. The average molecular weight is 454 g/mol. The second kappa shape index (κ2) is 12.4. The van der Waals surface area contributed by atoms with Gasteiger partial charge in [0, 0.05) is 6.04 Å². The van der Waals surface area contributed by atoms with Gasteiger partial charge in [0.05, 0.1) is 25.5 Å². The van der Waals surface area contributed by atoms with Crippen molar-refractivity contribution in [1.82, 2.24) is 15.1 Å². The number of aromatic nitrogens is 2. The van der Waals surface area contributed by atoms with E-state index in [1.165, 1.54) is 70.9 Å². The molecular weight excluding hydrogens is 410 g/mol. The highest BCUT2D eigenvalue weighted by Crippen LogP contribution is 2.42. The summed E-state index contributed by atoms with van der Waals surface area (Å²) in [5.41, 5.74) is 3.17. The molecular formula is C28H43N3O2. The quantitative estimate of drug-likeness (QED) is 0.445. The molecule has 2 fully saturated rings. The summed E-state index contributed by atoms with van der Waals surface area (Å²) in [5, 5.41) is 8.20. The summed E-state index contributed by atoms with van der Waals surface area (Å²) in [6.45, 7) is 9.40. The maximum Gasteiger partial charge on any atom is 0.132 e. The number of hydrogen-bond acceptors (Lipinski definition) is 5. The van der Waals surface area contributed by atoms with E-state index in [4.69, 9.17) is 9.47 Å². The number of hydrogen-bond donors (Lipinski definition) is 0. The number of nitrogens with zero attached hydrogens (tertiary/aromatic N) is 3. The van der Waals surface area contributed by atoms with Crippen LogP contribution < -0.4 is 9.47 Å². The first-order valence-electron chi connectivity index (χ1n) is 12.8. The van der Waals surface area contributed by atoms with Crippen LogP contribution in [0, 0.1) is 12.3 Å². The molecule has 2 aliphatic rings. The molecule has 5 heteroatoms. The molecule has 0 amide bonds. The number of rotatable bonds is 8. The van der Waals surface area contributed by atoms with Gasteiger partial charge in [-0.3, -0.25) is 0 Å². The van der Waals surface area contributed by atoms with E-state index in [0.717, 1.165) is 39.9 Å². The Morgan fingerprint density at radius 3 is 1.94 bits per heavy atom. The average Bonchev–Trinajstić information content (AvgIpc) is 2.80. The van der Waals surface area contributed by atoms with Crippen molar-refractivity contribution < 1.29 is 9.47 Å². The summed E-state index contributed by atoms with van der Waals surface area (Å²) < 4.78 is 10.6. The first-order chi connectivity index (χ1) is 16.1. The molecule has 1 aliphatic heterocycles. The van der Waals surface area contributed by atoms with E-state index >= 15 is 0 Å². The van der Waals surface area contributed by atoms with Crippen molar-refractivity contribution in [2.45, 2.75) is 84.6 Å². The third kappa shape index (κ3) is 6.47. The van der Waals surface area contributed by atoms with Crippen LogP contribution >= 0.6 is 0 Å². The minimum Gasteiger partial charge on any atom is -0.496 e. The number of likely N-dealkylation sites (tertiary alicyclic amines) is 1. The summed E-state index contributed by atoms with van der Waals surface area (Å²) in [7, 11) is 3.25. The Hall–Kier alpha value is -2.14. The van der Waals surface area contributed by atoms with E-state index in [1.54, 1.807) is 14.2 Å². The maximum absolute atomic E-state index is 5.32. The molecule has 0 N–H and O–H groups in total. The fraction of sp³-hybridized carbons (Fsp3) is 0.643. The van der Waals surface area contributed by atoms with Crippen LogP contribution in [0.25, 0.3) is 11.3 Å². The van der Waals surface area contributed by atoms with Gasteiger partial charge in [0.2, 0.25) is 0 Å². The van der Waals surface area contributed by atoms with Gasteiger partial charge in [0.1, 0.15) is 17.2 Å². The molecule has 2 heterocycles. The van der Waals surface area contributed by atoms with Crippen molar-refractivity contribution in [1.29, 1.82) is 0 Å². The zero-order valence-corrected chi connectivity index (χ0v) is 21.4. The van der Waals surface area contributed by atoms with Crippen molar-refractivity contribution >= 4 is 0 Å². The summed E-state index contributed by atoms with van der Waals surface area (Å²) in [6, 6.07) is 10.4. The van der Waals surface area contributed by atoms with E-state index in [1.807, 2.05) is 37.3 Å². The zero-order chi connectivity index (χ0) is 23.7. The first-order valence-corrected chi connectivity index (χ1v) is 12.8. The summed E-state index contributed by atoms with van der Waals surface area (Å²) in [4.78, 5) is 2.78. The smallest absolute Gasteiger partial charge is 0.132 e. The minimum absolute atomic E-state index is 0.725. The van der Waals surface area contributed by atoms with E-state index in [0.29, 0.717) is 0 Å². The van der Waals surface area contributed by atoms with Crippen LogP contribution in [-0.2, 0) is 0 Å². The lowest BCUT2D eigenvalue weighted by molar-refractivity contribution is 0.0333.